The Balaban J connectivity index is 2.75. The minimum absolute atomic E-state index is 0.0583. The first kappa shape index (κ1) is 17.9. The SMILES string of the molecule is CN(C)C1(C(CCCS(C)(=O)=O)NN)CCCCCC1. The normalized spacial score (nSPS) is 21.6. The van der Waals surface area contributed by atoms with E-state index in [0.717, 1.165) is 19.3 Å². The molecule has 0 aromatic carbocycles. The van der Waals surface area contributed by atoms with E-state index in [9.17, 15) is 8.42 Å². The van der Waals surface area contributed by atoms with Crippen molar-refractivity contribution in [2.45, 2.75) is 62.9 Å². The summed E-state index contributed by atoms with van der Waals surface area (Å²) in [7, 11) is 1.35. The van der Waals surface area contributed by atoms with E-state index in [1.807, 2.05) is 0 Å². The van der Waals surface area contributed by atoms with Gasteiger partial charge in [-0.1, -0.05) is 25.7 Å². The minimum atomic E-state index is -2.89. The second-order valence-corrected chi connectivity index (χ2v) is 8.66. The summed E-state index contributed by atoms with van der Waals surface area (Å²) in [5, 5.41) is 0. The van der Waals surface area contributed by atoms with E-state index >= 15 is 0 Å². The predicted octanol–water partition coefficient (Wildman–Crippen LogP) is 1.30. The predicted molar refractivity (Wildman–Crippen MR) is 84.2 cm³/mol. The van der Waals surface area contributed by atoms with Gasteiger partial charge in [-0.25, -0.2) is 8.42 Å². The molecule has 1 aliphatic carbocycles. The van der Waals surface area contributed by atoms with Crippen LogP contribution in [0.2, 0.25) is 0 Å². The van der Waals surface area contributed by atoms with Crippen molar-refractivity contribution in [2.24, 2.45) is 5.84 Å². The fourth-order valence-electron chi connectivity index (χ4n) is 3.50. The van der Waals surface area contributed by atoms with Crippen LogP contribution < -0.4 is 11.3 Å². The van der Waals surface area contributed by atoms with Crippen molar-refractivity contribution in [1.82, 2.24) is 10.3 Å². The lowest BCUT2D eigenvalue weighted by Crippen LogP contribution is -2.60. The molecule has 1 rings (SSSR count). The van der Waals surface area contributed by atoms with Gasteiger partial charge in [0.15, 0.2) is 0 Å². The Morgan fingerprint density at radius 2 is 1.75 bits per heavy atom. The monoisotopic (exact) mass is 305 g/mol. The van der Waals surface area contributed by atoms with Crippen LogP contribution in [0.5, 0.6) is 0 Å². The van der Waals surface area contributed by atoms with Gasteiger partial charge >= 0.3 is 0 Å². The van der Waals surface area contributed by atoms with Crippen LogP contribution in [0.15, 0.2) is 0 Å². The van der Waals surface area contributed by atoms with Crippen LogP contribution >= 0.6 is 0 Å². The molecule has 0 aliphatic heterocycles. The van der Waals surface area contributed by atoms with Crippen LogP contribution in [0.25, 0.3) is 0 Å². The highest BCUT2D eigenvalue weighted by Gasteiger charge is 2.40. The standard InChI is InChI=1S/C14H31N3O2S/c1-17(2)14(10-6-4-5-7-11-14)13(16-15)9-8-12-20(3,18)19/h13,16H,4-12,15H2,1-3H3. The third kappa shape index (κ3) is 4.98. The molecule has 1 fully saturated rings. The second kappa shape index (κ2) is 7.73. The highest BCUT2D eigenvalue weighted by Crippen LogP contribution is 2.35. The molecule has 1 unspecified atom stereocenters. The van der Waals surface area contributed by atoms with E-state index in [0.29, 0.717) is 6.42 Å². The first-order valence-electron chi connectivity index (χ1n) is 7.63. The summed E-state index contributed by atoms with van der Waals surface area (Å²) in [6.07, 6.45) is 10.1. The molecule has 0 aromatic rings. The summed E-state index contributed by atoms with van der Waals surface area (Å²) in [5.41, 5.74) is 3.03. The first-order valence-corrected chi connectivity index (χ1v) is 9.69. The molecule has 20 heavy (non-hydrogen) atoms. The van der Waals surface area contributed by atoms with Crippen LogP contribution in [0, 0.1) is 0 Å². The molecule has 1 atom stereocenters. The van der Waals surface area contributed by atoms with Crippen LogP contribution in [0.3, 0.4) is 0 Å². The van der Waals surface area contributed by atoms with Crippen molar-refractivity contribution in [1.29, 1.82) is 0 Å². The fourth-order valence-corrected chi connectivity index (χ4v) is 4.20. The summed E-state index contributed by atoms with van der Waals surface area (Å²) in [6, 6.07) is 0.150. The lowest BCUT2D eigenvalue weighted by atomic mass is 9.79. The highest BCUT2D eigenvalue weighted by molar-refractivity contribution is 7.90. The molecule has 5 nitrogen and oxygen atoms in total. The van der Waals surface area contributed by atoms with Crippen molar-refractivity contribution in [3.63, 3.8) is 0 Å². The van der Waals surface area contributed by atoms with E-state index < -0.39 is 9.84 Å². The number of likely N-dealkylation sites (N-methyl/N-ethyl adjacent to an activating group) is 1. The Labute approximate surface area is 124 Å². The molecule has 0 radical (unpaired) electrons. The quantitative estimate of drug-likeness (QED) is 0.421. The molecule has 1 aliphatic rings. The zero-order valence-corrected chi connectivity index (χ0v) is 14.0. The molecule has 0 aromatic heterocycles. The topological polar surface area (TPSA) is 75.4 Å². The number of hydrazine groups is 1. The van der Waals surface area contributed by atoms with E-state index in [2.05, 4.69) is 24.4 Å². The summed E-state index contributed by atoms with van der Waals surface area (Å²) >= 11 is 0. The Kier molecular flexibility index (Phi) is 6.91. The second-order valence-electron chi connectivity index (χ2n) is 6.40. The third-order valence-electron chi connectivity index (χ3n) is 4.72. The summed E-state index contributed by atoms with van der Waals surface area (Å²) < 4.78 is 22.6. The van der Waals surface area contributed by atoms with E-state index in [-0.39, 0.29) is 17.3 Å². The first-order chi connectivity index (χ1) is 9.32. The minimum Gasteiger partial charge on any atom is -0.302 e. The van der Waals surface area contributed by atoms with E-state index in [1.165, 1.54) is 31.9 Å². The van der Waals surface area contributed by atoms with Crippen LogP contribution in [-0.2, 0) is 9.84 Å². The van der Waals surface area contributed by atoms with Crippen molar-refractivity contribution in [3.8, 4) is 0 Å². The average Bonchev–Trinajstić information content (AvgIpc) is 2.60. The van der Waals surface area contributed by atoms with Crippen LogP contribution in [-0.4, -0.2) is 51.0 Å². The average molecular weight is 305 g/mol. The van der Waals surface area contributed by atoms with E-state index in [4.69, 9.17) is 5.84 Å². The molecule has 0 saturated heterocycles. The lowest BCUT2D eigenvalue weighted by Gasteiger charge is -2.45. The Bertz CT molecular complexity index is 374. The maximum Gasteiger partial charge on any atom is 0.147 e. The Hall–Kier alpha value is -0.170. The number of hydrogen-bond acceptors (Lipinski definition) is 5. The Morgan fingerprint density at radius 3 is 2.15 bits per heavy atom. The van der Waals surface area contributed by atoms with Crippen molar-refractivity contribution < 1.29 is 8.42 Å². The largest absolute Gasteiger partial charge is 0.302 e. The van der Waals surface area contributed by atoms with Gasteiger partial charge in [0, 0.05) is 23.6 Å². The molecular weight excluding hydrogens is 274 g/mol. The van der Waals surface area contributed by atoms with Gasteiger partial charge < -0.3 is 4.90 Å². The number of nitrogens with one attached hydrogen (secondary N) is 1. The smallest absolute Gasteiger partial charge is 0.147 e. The van der Waals surface area contributed by atoms with Crippen molar-refractivity contribution in [2.75, 3.05) is 26.1 Å². The number of hydrogen-bond donors (Lipinski definition) is 2. The molecule has 1 saturated carbocycles. The lowest BCUT2D eigenvalue weighted by molar-refractivity contribution is 0.0760. The maximum atomic E-state index is 11.3. The van der Waals surface area contributed by atoms with E-state index in [1.54, 1.807) is 0 Å². The van der Waals surface area contributed by atoms with Gasteiger partial charge in [-0.2, -0.15) is 0 Å². The van der Waals surface area contributed by atoms with Gasteiger partial charge in [0.25, 0.3) is 0 Å². The van der Waals surface area contributed by atoms with Crippen LogP contribution in [0.4, 0.5) is 0 Å². The number of rotatable bonds is 7. The number of nitrogens with two attached hydrogens (primary N) is 1. The number of nitrogens with zero attached hydrogens (tertiary/aromatic N) is 1. The molecule has 6 heteroatoms. The van der Waals surface area contributed by atoms with Crippen molar-refractivity contribution in [3.05, 3.63) is 0 Å². The van der Waals surface area contributed by atoms with Gasteiger partial charge in [0.2, 0.25) is 0 Å². The molecule has 0 bridgehead atoms. The molecule has 0 heterocycles. The zero-order valence-electron chi connectivity index (χ0n) is 13.2. The van der Waals surface area contributed by atoms with Gasteiger partial charge in [-0.3, -0.25) is 11.3 Å². The summed E-state index contributed by atoms with van der Waals surface area (Å²) in [6.45, 7) is 0. The van der Waals surface area contributed by atoms with Gasteiger partial charge in [0.1, 0.15) is 9.84 Å². The van der Waals surface area contributed by atoms with Gasteiger partial charge in [-0.05, 0) is 39.8 Å². The highest BCUT2D eigenvalue weighted by atomic mass is 32.2. The summed E-state index contributed by atoms with van der Waals surface area (Å²) in [4.78, 5) is 2.29. The molecule has 120 valence electrons. The molecule has 3 N–H and O–H groups in total. The fraction of sp³-hybridized carbons (Fsp3) is 1.00. The number of sulfone groups is 1. The zero-order chi connectivity index (χ0) is 15.2. The van der Waals surface area contributed by atoms with Gasteiger partial charge in [-0.15, -0.1) is 0 Å². The van der Waals surface area contributed by atoms with Gasteiger partial charge in [0.05, 0.1) is 0 Å². The maximum absolute atomic E-state index is 11.3. The van der Waals surface area contributed by atoms with Crippen molar-refractivity contribution >= 4 is 9.84 Å². The molecule has 0 amide bonds. The third-order valence-corrected chi connectivity index (χ3v) is 5.75. The summed E-state index contributed by atoms with van der Waals surface area (Å²) in [5.74, 6) is 6.05. The van der Waals surface area contributed by atoms with Crippen LogP contribution in [0.1, 0.15) is 51.4 Å². The molecular formula is C14H31N3O2S. The Morgan fingerprint density at radius 1 is 1.20 bits per heavy atom. The molecule has 0 spiro atoms.